The van der Waals surface area contributed by atoms with Crippen LogP contribution in [-0.2, 0) is 44.8 Å². The first-order chi connectivity index (χ1) is 21.0. The van der Waals surface area contributed by atoms with Crippen molar-refractivity contribution in [2.75, 3.05) is 40.4 Å². The molecule has 2 rings (SSSR count). The van der Waals surface area contributed by atoms with Crippen LogP contribution in [0.1, 0.15) is 57.4 Å². The number of nitrogens with zero attached hydrogens (tertiary/aromatic N) is 3. The van der Waals surface area contributed by atoms with Crippen molar-refractivity contribution in [3.8, 4) is 0 Å². The highest BCUT2D eigenvalue weighted by Crippen LogP contribution is 2.20. The number of rotatable bonds is 16. The smallest absolute Gasteiger partial charge is 0.417 e. The highest BCUT2D eigenvalue weighted by Gasteiger charge is 2.39. The summed E-state index contributed by atoms with van der Waals surface area (Å²) in [5.41, 5.74) is 12.4. The topological polar surface area (TPSA) is 192 Å². The zero-order valence-corrected chi connectivity index (χ0v) is 25.8. The van der Waals surface area contributed by atoms with Gasteiger partial charge in [-0.25, -0.2) is 14.5 Å². The fourth-order valence-electron chi connectivity index (χ4n) is 4.79. The van der Waals surface area contributed by atoms with Crippen LogP contribution >= 0.6 is 0 Å². The quantitative estimate of drug-likeness (QED) is 0.152. The minimum Gasteiger partial charge on any atom is -0.467 e. The number of carbonyl (C=O) groups excluding carboxylic acids is 6. The highest BCUT2D eigenvalue weighted by molar-refractivity contribution is 5.99. The van der Waals surface area contributed by atoms with Crippen molar-refractivity contribution < 1.29 is 43.0 Å². The summed E-state index contributed by atoms with van der Waals surface area (Å²) < 4.78 is 15.3. The molecule has 0 bridgehead atoms. The van der Waals surface area contributed by atoms with E-state index in [0.717, 1.165) is 16.9 Å². The van der Waals surface area contributed by atoms with E-state index < -0.39 is 67.0 Å². The Kier molecular flexibility index (Phi) is 15.3. The SMILES string of the molecule is CCCCOC(=O)N(C(=O)CN)[C@@H](CCCC(N)C(=O)OCc1ccccc1)C(=O)N(C)CC(=O)N1CCC[C@H]1C(=O)OC. The number of ether oxygens (including phenoxy) is 3. The molecule has 0 spiro atoms. The van der Waals surface area contributed by atoms with Gasteiger partial charge in [-0.1, -0.05) is 43.7 Å². The van der Waals surface area contributed by atoms with Crippen molar-refractivity contribution in [1.29, 1.82) is 0 Å². The molecule has 3 atom stereocenters. The van der Waals surface area contributed by atoms with Crippen molar-refractivity contribution in [2.45, 2.75) is 76.6 Å². The van der Waals surface area contributed by atoms with E-state index in [4.69, 9.17) is 25.7 Å². The highest BCUT2D eigenvalue weighted by atomic mass is 16.6. The van der Waals surface area contributed by atoms with Crippen LogP contribution in [-0.4, -0.2) is 109 Å². The van der Waals surface area contributed by atoms with Crippen molar-refractivity contribution in [1.82, 2.24) is 14.7 Å². The molecule has 244 valence electrons. The lowest BCUT2D eigenvalue weighted by molar-refractivity contribution is -0.152. The van der Waals surface area contributed by atoms with E-state index in [0.29, 0.717) is 30.7 Å². The molecule has 44 heavy (non-hydrogen) atoms. The minimum absolute atomic E-state index is 0.0287. The molecule has 1 aliphatic rings. The average Bonchev–Trinajstić information content (AvgIpc) is 3.53. The third kappa shape index (κ3) is 10.6. The molecule has 14 nitrogen and oxygen atoms in total. The molecule has 0 aliphatic carbocycles. The predicted molar refractivity (Wildman–Crippen MR) is 158 cm³/mol. The van der Waals surface area contributed by atoms with E-state index in [1.165, 1.54) is 19.1 Å². The molecule has 14 heteroatoms. The Morgan fingerprint density at radius 3 is 2.39 bits per heavy atom. The Morgan fingerprint density at radius 2 is 1.75 bits per heavy atom. The zero-order valence-electron chi connectivity index (χ0n) is 25.8. The van der Waals surface area contributed by atoms with E-state index in [1.54, 1.807) is 12.1 Å². The Balaban J connectivity index is 2.16. The lowest BCUT2D eigenvalue weighted by Crippen LogP contribution is -2.56. The number of benzene rings is 1. The summed E-state index contributed by atoms with van der Waals surface area (Å²) in [6, 6.07) is 5.92. The van der Waals surface area contributed by atoms with Gasteiger partial charge >= 0.3 is 18.0 Å². The van der Waals surface area contributed by atoms with Gasteiger partial charge in [0.25, 0.3) is 0 Å². The first-order valence-corrected chi connectivity index (χ1v) is 14.8. The summed E-state index contributed by atoms with van der Waals surface area (Å²) in [5, 5.41) is 0. The van der Waals surface area contributed by atoms with E-state index in [1.807, 2.05) is 25.1 Å². The number of hydrogen-bond donors (Lipinski definition) is 2. The first kappa shape index (κ1) is 36.2. The zero-order chi connectivity index (χ0) is 32.6. The van der Waals surface area contributed by atoms with Crippen molar-refractivity contribution in [3.63, 3.8) is 0 Å². The number of esters is 2. The van der Waals surface area contributed by atoms with E-state index in [2.05, 4.69) is 0 Å². The van der Waals surface area contributed by atoms with Crippen LogP contribution in [0.15, 0.2) is 30.3 Å². The molecule has 1 aromatic carbocycles. The van der Waals surface area contributed by atoms with Crippen LogP contribution < -0.4 is 11.5 Å². The molecule has 4 N–H and O–H groups in total. The van der Waals surface area contributed by atoms with Gasteiger partial charge in [0.15, 0.2) is 0 Å². The van der Waals surface area contributed by atoms with Crippen LogP contribution in [0.4, 0.5) is 4.79 Å². The Hall–Kier alpha value is -4.04. The summed E-state index contributed by atoms with van der Waals surface area (Å²) >= 11 is 0. The van der Waals surface area contributed by atoms with Gasteiger partial charge in [-0.3, -0.25) is 19.2 Å². The minimum atomic E-state index is -1.39. The molecular weight excluding hydrogens is 574 g/mol. The molecule has 0 radical (unpaired) electrons. The van der Waals surface area contributed by atoms with Gasteiger partial charge in [0.05, 0.1) is 26.8 Å². The number of unbranched alkanes of at least 4 members (excludes halogenated alkanes) is 1. The summed E-state index contributed by atoms with van der Waals surface area (Å²) in [5.74, 6) is -3.24. The molecular formula is C30H45N5O9. The second kappa shape index (κ2) is 18.6. The molecule has 1 aromatic rings. The van der Waals surface area contributed by atoms with Crippen LogP contribution in [0.25, 0.3) is 0 Å². The van der Waals surface area contributed by atoms with Gasteiger partial charge in [0.1, 0.15) is 24.7 Å². The Labute approximate surface area is 257 Å². The van der Waals surface area contributed by atoms with Gasteiger partial charge < -0.3 is 35.5 Å². The maximum absolute atomic E-state index is 13.7. The largest absolute Gasteiger partial charge is 0.467 e. The predicted octanol–water partition coefficient (Wildman–Crippen LogP) is 0.942. The van der Waals surface area contributed by atoms with Gasteiger partial charge in [-0.05, 0) is 44.1 Å². The third-order valence-corrected chi connectivity index (χ3v) is 7.27. The molecule has 1 heterocycles. The lowest BCUT2D eigenvalue weighted by Gasteiger charge is -2.32. The van der Waals surface area contributed by atoms with Crippen LogP contribution in [0.5, 0.6) is 0 Å². The number of hydrogen-bond acceptors (Lipinski definition) is 11. The first-order valence-electron chi connectivity index (χ1n) is 14.8. The number of likely N-dealkylation sites (tertiary alicyclic amines) is 1. The van der Waals surface area contributed by atoms with E-state index >= 15 is 0 Å². The second-order valence-electron chi connectivity index (χ2n) is 10.5. The molecule has 4 amide bonds. The molecule has 1 unspecified atom stereocenters. The Morgan fingerprint density at radius 1 is 1.05 bits per heavy atom. The van der Waals surface area contributed by atoms with E-state index in [-0.39, 0.29) is 32.5 Å². The maximum atomic E-state index is 13.7. The lowest BCUT2D eigenvalue weighted by atomic mass is 10.0. The normalized spacial score (nSPS) is 15.6. The van der Waals surface area contributed by atoms with Gasteiger partial charge in [0, 0.05) is 13.6 Å². The molecule has 1 fully saturated rings. The van der Waals surface area contributed by atoms with Crippen LogP contribution in [0.2, 0.25) is 0 Å². The molecule has 0 aromatic heterocycles. The molecule has 1 saturated heterocycles. The average molecular weight is 620 g/mol. The van der Waals surface area contributed by atoms with Gasteiger partial charge in [0.2, 0.25) is 17.7 Å². The number of amides is 4. The number of nitrogens with two attached hydrogens (primary N) is 2. The van der Waals surface area contributed by atoms with Crippen molar-refractivity contribution in [2.24, 2.45) is 11.5 Å². The fourth-order valence-corrected chi connectivity index (χ4v) is 4.79. The second-order valence-corrected chi connectivity index (χ2v) is 10.5. The summed E-state index contributed by atoms with van der Waals surface area (Å²) in [4.78, 5) is 80.4. The maximum Gasteiger partial charge on any atom is 0.417 e. The summed E-state index contributed by atoms with van der Waals surface area (Å²) in [6.07, 6.45) is 1.42. The summed E-state index contributed by atoms with van der Waals surface area (Å²) in [7, 11) is 2.59. The third-order valence-electron chi connectivity index (χ3n) is 7.27. The number of likely N-dealkylation sites (N-methyl/N-ethyl adjacent to an activating group) is 1. The number of methoxy groups -OCH3 is 1. The summed E-state index contributed by atoms with van der Waals surface area (Å²) in [6.45, 7) is 1.31. The van der Waals surface area contributed by atoms with Gasteiger partial charge in [-0.15, -0.1) is 0 Å². The molecule has 1 aliphatic heterocycles. The van der Waals surface area contributed by atoms with Crippen molar-refractivity contribution in [3.05, 3.63) is 35.9 Å². The van der Waals surface area contributed by atoms with Crippen molar-refractivity contribution >= 4 is 35.8 Å². The number of carbonyl (C=O) groups is 6. The molecule has 0 saturated carbocycles. The standard InChI is InChI=1S/C30H45N5O9/c1-4-5-17-43-30(41)35(25(36)18-31)23(14-9-13-22(32)28(39)44-20-21-11-7-6-8-12-21)27(38)33(2)19-26(37)34-16-10-15-24(34)29(40)42-3/h6-8,11-12,22-24H,4-5,9-10,13-20,31-32H2,1-3H3/t22?,23-,24-/m0/s1. The van der Waals surface area contributed by atoms with Crippen LogP contribution in [0, 0.1) is 0 Å². The van der Waals surface area contributed by atoms with Crippen LogP contribution in [0.3, 0.4) is 0 Å². The van der Waals surface area contributed by atoms with Gasteiger partial charge in [-0.2, -0.15) is 0 Å². The number of imide groups is 1. The fraction of sp³-hybridized carbons (Fsp3) is 0.600. The van der Waals surface area contributed by atoms with E-state index in [9.17, 15) is 28.8 Å². The Bertz CT molecular complexity index is 1130. The monoisotopic (exact) mass is 619 g/mol.